The summed E-state index contributed by atoms with van der Waals surface area (Å²) >= 11 is 0. The molecule has 0 aromatic heterocycles. The molecule has 2 aliphatic rings. The molecule has 2 fully saturated rings. The molecule has 0 spiro atoms. The Hall–Kier alpha value is -2.36. The average molecular weight is 352 g/mol. The molecule has 0 radical (unpaired) electrons. The van der Waals surface area contributed by atoms with Crippen molar-refractivity contribution < 1.29 is 9.59 Å². The Bertz CT molecular complexity index is 632. The number of amides is 2. The van der Waals surface area contributed by atoms with Crippen molar-refractivity contribution in [3.05, 3.63) is 48.6 Å². The molecule has 4 nitrogen and oxygen atoms in total. The van der Waals surface area contributed by atoms with Crippen molar-refractivity contribution in [2.75, 3.05) is 26.2 Å². The molecule has 0 unspecified atom stereocenters. The quantitative estimate of drug-likeness (QED) is 0.775. The van der Waals surface area contributed by atoms with Gasteiger partial charge in [-0.05, 0) is 49.7 Å². The van der Waals surface area contributed by atoms with E-state index in [1.807, 2.05) is 34.1 Å². The van der Waals surface area contributed by atoms with Crippen molar-refractivity contribution in [3.8, 4) is 0 Å². The molecule has 3 rings (SSSR count). The predicted molar refractivity (Wildman–Crippen MR) is 105 cm³/mol. The summed E-state index contributed by atoms with van der Waals surface area (Å²) in [7, 11) is 0. The maximum Gasteiger partial charge on any atom is 0.253 e. The third-order valence-corrected chi connectivity index (χ3v) is 5.38. The average Bonchev–Trinajstić information content (AvgIpc) is 2.73. The van der Waals surface area contributed by atoms with E-state index in [0.29, 0.717) is 11.1 Å². The molecular formula is C22H28N2O2. The summed E-state index contributed by atoms with van der Waals surface area (Å²) in [6.45, 7) is 11.3. The first-order chi connectivity index (χ1) is 12.6. The number of carbonyl (C=O) groups is 2. The zero-order chi connectivity index (χ0) is 18.5. The Morgan fingerprint density at radius 1 is 0.615 bits per heavy atom. The van der Waals surface area contributed by atoms with Crippen LogP contribution >= 0.6 is 0 Å². The van der Waals surface area contributed by atoms with Crippen molar-refractivity contribution in [2.24, 2.45) is 0 Å². The van der Waals surface area contributed by atoms with Crippen LogP contribution in [0.2, 0.25) is 0 Å². The van der Waals surface area contributed by atoms with Gasteiger partial charge < -0.3 is 9.80 Å². The second-order valence-corrected chi connectivity index (χ2v) is 7.24. The van der Waals surface area contributed by atoms with Gasteiger partial charge in [0.25, 0.3) is 11.8 Å². The van der Waals surface area contributed by atoms with Gasteiger partial charge in [-0.2, -0.15) is 0 Å². The molecule has 2 saturated heterocycles. The normalized spacial score (nSPS) is 17.7. The number of nitrogens with zero attached hydrogens (tertiary/aromatic N) is 2. The van der Waals surface area contributed by atoms with Crippen LogP contribution in [0.3, 0.4) is 0 Å². The van der Waals surface area contributed by atoms with E-state index < -0.39 is 0 Å². The number of benzene rings is 1. The Morgan fingerprint density at radius 3 is 1.23 bits per heavy atom. The molecule has 0 bridgehead atoms. The van der Waals surface area contributed by atoms with E-state index in [1.54, 1.807) is 0 Å². The van der Waals surface area contributed by atoms with Crippen LogP contribution in [0.15, 0.2) is 37.4 Å². The van der Waals surface area contributed by atoms with Gasteiger partial charge in [0, 0.05) is 37.3 Å². The zero-order valence-electron chi connectivity index (χ0n) is 15.5. The molecule has 0 N–H and O–H groups in total. The molecule has 1 aromatic carbocycles. The lowest BCUT2D eigenvalue weighted by Gasteiger charge is -2.28. The summed E-state index contributed by atoms with van der Waals surface area (Å²) in [6, 6.07) is 7.48. The highest BCUT2D eigenvalue weighted by molar-refractivity contribution is 6.20. The first-order valence-corrected chi connectivity index (χ1v) is 9.65. The van der Waals surface area contributed by atoms with Crippen LogP contribution in [0, 0.1) is 0 Å². The number of carbonyl (C=O) groups excluding carboxylic acids is 2. The molecule has 2 aliphatic heterocycles. The van der Waals surface area contributed by atoms with Gasteiger partial charge >= 0.3 is 0 Å². The number of hydrogen-bond donors (Lipinski definition) is 0. The van der Waals surface area contributed by atoms with Crippen molar-refractivity contribution in [1.82, 2.24) is 9.80 Å². The third kappa shape index (κ3) is 4.06. The van der Waals surface area contributed by atoms with Gasteiger partial charge in [0.1, 0.15) is 0 Å². The van der Waals surface area contributed by atoms with Crippen LogP contribution in [0.5, 0.6) is 0 Å². The minimum absolute atomic E-state index is 0.0145. The first kappa shape index (κ1) is 18.4. The van der Waals surface area contributed by atoms with Crippen LogP contribution in [0.25, 0.3) is 11.1 Å². The van der Waals surface area contributed by atoms with E-state index in [4.69, 9.17) is 0 Å². The molecule has 2 amide bonds. The van der Waals surface area contributed by atoms with Crippen LogP contribution in [-0.4, -0.2) is 47.8 Å². The van der Waals surface area contributed by atoms with Crippen LogP contribution in [0.4, 0.5) is 0 Å². The number of piperidine rings is 2. The second-order valence-electron chi connectivity index (χ2n) is 7.24. The third-order valence-electron chi connectivity index (χ3n) is 5.38. The summed E-state index contributed by atoms with van der Waals surface area (Å²) in [6.07, 6.45) is 6.65. The lowest BCUT2D eigenvalue weighted by atomic mass is 9.99. The zero-order valence-corrected chi connectivity index (χ0v) is 15.5. The second kappa shape index (κ2) is 8.35. The lowest BCUT2D eigenvalue weighted by Crippen LogP contribution is -2.36. The van der Waals surface area contributed by atoms with E-state index in [-0.39, 0.29) is 11.8 Å². The Morgan fingerprint density at radius 2 is 0.923 bits per heavy atom. The topological polar surface area (TPSA) is 40.6 Å². The maximum absolute atomic E-state index is 12.6. The van der Waals surface area contributed by atoms with E-state index in [2.05, 4.69) is 13.2 Å². The van der Waals surface area contributed by atoms with Gasteiger partial charge in [0.15, 0.2) is 0 Å². The minimum Gasteiger partial charge on any atom is -0.339 e. The monoisotopic (exact) mass is 352 g/mol. The minimum atomic E-state index is 0.0145. The van der Waals surface area contributed by atoms with Crippen molar-refractivity contribution in [3.63, 3.8) is 0 Å². The number of likely N-dealkylation sites (tertiary alicyclic amines) is 2. The molecule has 4 heteroatoms. The van der Waals surface area contributed by atoms with Crippen molar-refractivity contribution in [1.29, 1.82) is 0 Å². The summed E-state index contributed by atoms with van der Waals surface area (Å²) < 4.78 is 0. The summed E-state index contributed by atoms with van der Waals surface area (Å²) in [5, 5.41) is 0. The standard InChI is InChI=1S/C22H28N2O2/c1-17(21(25)23-13-5-3-6-14-23)19-9-11-20(12-10-19)18(2)22(26)24-15-7-4-8-16-24/h9-12H,1-8,13-16H2. The molecule has 0 saturated carbocycles. The summed E-state index contributed by atoms with van der Waals surface area (Å²) in [5.41, 5.74) is 2.66. The van der Waals surface area contributed by atoms with Crippen molar-refractivity contribution >= 4 is 23.0 Å². The summed E-state index contributed by atoms with van der Waals surface area (Å²) in [4.78, 5) is 28.9. The van der Waals surface area contributed by atoms with Gasteiger partial charge in [-0.1, -0.05) is 37.4 Å². The predicted octanol–water partition coefficient (Wildman–Crippen LogP) is 3.74. The first-order valence-electron chi connectivity index (χ1n) is 9.65. The molecule has 0 aliphatic carbocycles. The lowest BCUT2D eigenvalue weighted by molar-refractivity contribution is -0.126. The Kier molecular flexibility index (Phi) is 5.92. The fraction of sp³-hybridized carbons (Fsp3) is 0.455. The van der Waals surface area contributed by atoms with Crippen LogP contribution in [-0.2, 0) is 9.59 Å². The molecule has 26 heavy (non-hydrogen) atoms. The molecule has 1 aromatic rings. The van der Waals surface area contributed by atoms with Crippen LogP contribution in [0.1, 0.15) is 49.7 Å². The van der Waals surface area contributed by atoms with Crippen molar-refractivity contribution in [2.45, 2.75) is 38.5 Å². The number of rotatable bonds is 4. The van der Waals surface area contributed by atoms with Gasteiger partial charge in [-0.3, -0.25) is 9.59 Å². The molecule has 0 atom stereocenters. The van der Waals surface area contributed by atoms with E-state index in [0.717, 1.165) is 63.0 Å². The summed E-state index contributed by atoms with van der Waals surface area (Å²) in [5.74, 6) is 0.0290. The number of hydrogen-bond acceptors (Lipinski definition) is 2. The Balaban J connectivity index is 1.65. The van der Waals surface area contributed by atoms with Gasteiger partial charge in [-0.25, -0.2) is 0 Å². The SMILES string of the molecule is C=C(C(=O)N1CCCCC1)c1ccc(C(=C)C(=O)N2CCCCC2)cc1. The van der Waals surface area contributed by atoms with E-state index in [9.17, 15) is 9.59 Å². The fourth-order valence-corrected chi connectivity index (χ4v) is 3.70. The van der Waals surface area contributed by atoms with Crippen LogP contribution < -0.4 is 0 Å². The highest BCUT2D eigenvalue weighted by Gasteiger charge is 2.22. The maximum atomic E-state index is 12.6. The van der Waals surface area contributed by atoms with Gasteiger partial charge in [0.2, 0.25) is 0 Å². The smallest absolute Gasteiger partial charge is 0.253 e. The Labute approximate surface area is 156 Å². The highest BCUT2D eigenvalue weighted by Crippen LogP contribution is 2.23. The van der Waals surface area contributed by atoms with E-state index >= 15 is 0 Å². The fourth-order valence-electron chi connectivity index (χ4n) is 3.70. The van der Waals surface area contributed by atoms with Gasteiger partial charge in [0.05, 0.1) is 0 Å². The molecule has 138 valence electrons. The molecular weight excluding hydrogens is 324 g/mol. The molecule has 2 heterocycles. The van der Waals surface area contributed by atoms with E-state index in [1.165, 1.54) is 12.8 Å². The highest BCUT2D eigenvalue weighted by atomic mass is 16.2. The largest absolute Gasteiger partial charge is 0.339 e. The van der Waals surface area contributed by atoms with Gasteiger partial charge in [-0.15, -0.1) is 0 Å².